The molecule has 0 N–H and O–H groups in total. The van der Waals surface area contributed by atoms with Gasteiger partial charge in [0.2, 0.25) is 10.0 Å². The fourth-order valence-electron chi connectivity index (χ4n) is 1.95. The maximum atomic E-state index is 12.6. The average molecular weight is 323 g/mol. The molecule has 0 atom stereocenters. The SMILES string of the molecule is C=CCN(CC=C)S(=O)(=O)c1ccc2nc(Cl)ccc2c1. The third kappa shape index (κ3) is 3.32. The molecule has 0 fully saturated rings. The molecule has 0 spiro atoms. The number of nitrogens with zero attached hydrogens (tertiary/aromatic N) is 2. The highest BCUT2D eigenvalue weighted by molar-refractivity contribution is 7.89. The van der Waals surface area contributed by atoms with Crippen LogP contribution in [0, 0.1) is 0 Å². The van der Waals surface area contributed by atoms with Crippen molar-refractivity contribution in [3.05, 3.63) is 60.8 Å². The second kappa shape index (κ2) is 6.39. The van der Waals surface area contributed by atoms with Crippen LogP contribution in [-0.2, 0) is 10.0 Å². The van der Waals surface area contributed by atoms with Crippen LogP contribution < -0.4 is 0 Å². The van der Waals surface area contributed by atoms with E-state index in [1.165, 1.54) is 10.4 Å². The number of halogens is 1. The molecule has 1 aromatic carbocycles. The zero-order valence-corrected chi connectivity index (χ0v) is 12.9. The maximum Gasteiger partial charge on any atom is 0.243 e. The number of aromatic nitrogens is 1. The standard InChI is InChI=1S/C15H15ClN2O2S/c1-3-9-18(10-4-2)21(19,20)13-6-7-14-12(11-13)5-8-15(16)17-14/h3-8,11H,1-2,9-10H2. The summed E-state index contributed by atoms with van der Waals surface area (Å²) >= 11 is 5.82. The second-order valence-corrected chi connectivity index (χ2v) is 6.71. The zero-order chi connectivity index (χ0) is 15.5. The summed E-state index contributed by atoms with van der Waals surface area (Å²) < 4.78 is 26.5. The van der Waals surface area contributed by atoms with Crippen LogP contribution in [0.1, 0.15) is 0 Å². The van der Waals surface area contributed by atoms with Crippen molar-refractivity contribution in [2.45, 2.75) is 4.90 Å². The lowest BCUT2D eigenvalue weighted by molar-refractivity contribution is 0.474. The molecule has 0 aliphatic rings. The average Bonchev–Trinajstić information content (AvgIpc) is 2.46. The van der Waals surface area contributed by atoms with Crippen LogP contribution in [0.25, 0.3) is 10.9 Å². The molecule has 0 aliphatic heterocycles. The van der Waals surface area contributed by atoms with Gasteiger partial charge in [0.1, 0.15) is 5.15 Å². The van der Waals surface area contributed by atoms with Crippen molar-refractivity contribution < 1.29 is 8.42 Å². The number of rotatable bonds is 6. The third-order valence-corrected chi connectivity index (χ3v) is 4.97. The van der Waals surface area contributed by atoms with Crippen molar-refractivity contribution in [2.75, 3.05) is 13.1 Å². The summed E-state index contributed by atoms with van der Waals surface area (Å²) in [5.41, 5.74) is 0.653. The number of pyridine rings is 1. The Morgan fingerprint density at radius 3 is 2.43 bits per heavy atom. The summed E-state index contributed by atoms with van der Waals surface area (Å²) in [5, 5.41) is 1.09. The molecule has 0 radical (unpaired) electrons. The summed E-state index contributed by atoms with van der Waals surface area (Å²) in [7, 11) is -3.60. The van der Waals surface area contributed by atoms with Gasteiger partial charge >= 0.3 is 0 Å². The lowest BCUT2D eigenvalue weighted by Gasteiger charge is -2.19. The van der Waals surface area contributed by atoms with Crippen LogP contribution in [0.3, 0.4) is 0 Å². The molecule has 1 aromatic heterocycles. The molecule has 0 saturated heterocycles. The number of sulfonamides is 1. The molecule has 0 aliphatic carbocycles. The first kappa shape index (κ1) is 15.7. The Morgan fingerprint density at radius 1 is 1.14 bits per heavy atom. The van der Waals surface area contributed by atoms with Crippen molar-refractivity contribution >= 4 is 32.5 Å². The molecule has 2 aromatic rings. The molecule has 2 rings (SSSR count). The van der Waals surface area contributed by atoms with E-state index >= 15 is 0 Å². The Balaban J connectivity index is 2.50. The number of hydrogen-bond donors (Lipinski definition) is 0. The largest absolute Gasteiger partial charge is 0.243 e. The van der Waals surface area contributed by atoms with Gasteiger partial charge in [0.05, 0.1) is 10.4 Å². The van der Waals surface area contributed by atoms with Crippen molar-refractivity contribution in [2.24, 2.45) is 0 Å². The highest BCUT2D eigenvalue weighted by atomic mass is 35.5. The number of fused-ring (bicyclic) bond motifs is 1. The van der Waals surface area contributed by atoms with E-state index in [0.29, 0.717) is 10.7 Å². The van der Waals surface area contributed by atoms with Crippen LogP contribution in [0.5, 0.6) is 0 Å². The van der Waals surface area contributed by atoms with Crippen LogP contribution in [0.2, 0.25) is 5.15 Å². The highest BCUT2D eigenvalue weighted by Gasteiger charge is 2.22. The normalized spacial score (nSPS) is 11.7. The summed E-state index contributed by atoms with van der Waals surface area (Å²) in [4.78, 5) is 4.35. The molecule has 110 valence electrons. The van der Waals surface area contributed by atoms with Crippen molar-refractivity contribution in [1.29, 1.82) is 0 Å². The first-order chi connectivity index (χ1) is 9.98. The fourth-order valence-corrected chi connectivity index (χ4v) is 3.52. The lowest BCUT2D eigenvalue weighted by Crippen LogP contribution is -2.31. The molecule has 0 saturated carbocycles. The predicted molar refractivity (Wildman–Crippen MR) is 85.9 cm³/mol. The van der Waals surface area contributed by atoms with E-state index < -0.39 is 10.0 Å². The molecule has 1 heterocycles. The Hall–Kier alpha value is -1.69. The fraction of sp³-hybridized carbons (Fsp3) is 0.133. The molecule has 0 bridgehead atoms. The Morgan fingerprint density at radius 2 is 1.81 bits per heavy atom. The van der Waals surface area contributed by atoms with Gasteiger partial charge in [-0.25, -0.2) is 13.4 Å². The van der Waals surface area contributed by atoms with Gasteiger partial charge in [-0.15, -0.1) is 13.2 Å². The van der Waals surface area contributed by atoms with Crippen molar-refractivity contribution in [1.82, 2.24) is 9.29 Å². The Bertz CT molecular complexity index is 777. The van der Waals surface area contributed by atoms with Crippen LogP contribution in [-0.4, -0.2) is 30.8 Å². The van der Waals surface area contributed by atoms with Crippen molar-refractivity contribution in [3.63, 3.8) is 0 Å². The third-order valence-electron chi connectivity index (χ3n) is 2.93. The van der Waals surface area contributed by atoms with Gasteiger partial charge < -0.3 is 0 Å². The van der Waals surface area contributed by atoms with Gasteiger partial charge in [-0.3, -0.25) is 0 Å². The molecule has 6 heteroatoms. The van der Waals surface area contributed by atoms with E-state index in [1.807, 2.05) is 0 Å². The Labute approximate surface area is 129 Å². The minimum absolute atomic E-state index is 0.211. The monoisotopic (exact) mass is 322 g/mol. The van der Waals surface area contributed by atoms with E-state index in [1.54, 1.807) is 36.4 Å². The predicted octanol–water partition coefficient (Wildman–Crippen LogP) is 3.25. The minimum atomic E-state index is -3.60. The van der Waals surface area contributed by atoms with Gasteiger partial charge in [-0.2, -0.15) is 4.31 Å². The summed E-state index contributed by atoms with van der Waals surface area (Å²) in [6.45, 7) is 7.62. The summed E-state index contributed by atoms with van der Waals surface area (Å²) in [5.74, 6) is 0. The van der Waals surface area contributed by atoms with E-state index in [2.05, 4.69) is 18.1 Å². The minimum Gasteiger partial charge on any atom is -0.236 e. The highest BCUT2D eigenvalue weighted by Crippen LogP contribution is 2.22. The molecule has 4 nitrogen and oxygen atoms in total. The molecule has 0 amide bonds. The molecule has 0 unspecified atom stereocenters. The smallest absolute Gasteiger partial charge is 0.236 e. The first-order valence-corrected chi connectivity index (χ1v) is 8.09. The van der Waals surface area contributed by atoms with Crippen molar-refractivity contribution in [3.8, 4) is 0 Å². The van der Waals surface area contributed by atoms with Crippen LogP contribution in [0.4, 0.5) is 0 Å². The van der Waals surface area contributed by atoms with Crippen LogP contribution >= 0.6 is 11.6 Å². The van der Waals surface area contributed by atoms with Gasteiger partial charge in [-0.1, -0.05) is 23.8 Å². The van der Waals surface area contributed by atoms with E-state index in [-0.39, 0.29) is 18.0 Å². The van der Waals surface area contributed by atoms with E-state index in [0.717, 1.165) is 5.39 Å². The summed E-state index contributed by atoms with van der Waals surface area (Å²) in [6, 6.07) is 8.14. The first-order valence-electron chi connectivity index (χ1n) is 6.27. The number of hydrogen-bond acceptors (Lipinski definition) is 3. The Kier molecular flexibility index (Phi) is 4.77. The second-order valence-electron chi connectivity index (χ2n) is 4.39. The van der Waals surface area contributed by atoms with Crippen LogP contribution in [0.15, 0.2) is 60.5 Å². The summed E-state index contributed by atoms with van der Waals surface area (Å²) in [6.07, 6.45) is 3.09. The van der Waals surface area contributed by atoms with E-state index in [4.69, 9.17) is 11.6 Å². The quantitative estimate of drug-likeness (QED) is 0.606. The topological polar surface area (TPSA) is 50.3 Å². The van der Waals surface area contributed by atoms with Gasteiger partial charge in [-0.05, 0) is 30.3 Å². The van der Waals surface area contributed by atoms with E-state index in [9.17, 15) is 8.42 Å². The number of benzene rings is 1. The molecular weight excluding hydrogens is 308 g/mol. The molecular formula is C15H15ClN2O2S. The lowest BCUT2D eigenvalue weighted by atomic mass is 10.2. The van der Waals surface area contributed by atoms with Gasteiger partial charge in [0.25, 0.3) is 0 Å². The zero-order valence-electron chi connectivity index (χ0n) is 11.4. The maximum absolute atomic E-state index is 12.6. The van der Waals surface area contributed by atoms with Gasteiger partial charge in [0, 0.05) is 18.5 Å². The van der Waals surface area contributed by atoms with Gasteiger partial charge in [0.15, 0.2) is 0 Å². The molecule has 21 heavy (non-hydrogen) atoms.